The van der Waals surface area contributed by atoms with Crippen molar-refractivity contribution < 1.29 is 32.5 Å². The largest absolute Gasteiger partial charge is 0.573 e. The number of ether oxygens (including phenoxy) is 2. The molecule has 8 heteroatoms. The lowest BCUT2D eigenvalue weighted by molar-refractivity contribution is -0.274. The number of nitrogens with one attached hydrogen (secondary N) is 1. The molecule has 0 saturated heterocycles. The Hall–Kier alpha value is -2.74. The van der Waals surface area contributed by atoms with Crippen LogP contribution < -0.4 is 14.8 Å². The molecule has 5 nitrogen and oxygen atoms in total. The zero-order valence-corrected chi connectivity index (χ0v) is 16.6. The Morgan fingerprint density at radius 3 is 2.37 bits per heavy atom. The van der Waals surface area contributed by atoms with Crippen LogP contribution in [0.3, 0.4) is 0 Å². The van der Waals surface area contributed by atoms with Crippen molar-refractivity contribution in [3.8, 4) is 11.5 Å². The van der Waals surface area contributed by atoms with Gasteiger partial charge in [-0.3, -0.25) is 4.79 Å². The lowest BCUT2D eigenvalue weighted by Crippen LogP contribution is -2.19. The summed E-state index contributed by atoms with van der Waals surface area (Å²) in [5.41, 5.74) is 1.93. The molecule has 2 rings (SSSR count). The molecule has 0 unspecified atom stereocenters. The van der Waals surface area contributed by atoms with Crippen molar-refractivity contribution in [2.75, 3.05) is 19.7 Å². The molecule has 0 radical (unpaired) electrons. The van der Waals surface area contributed by atoms with Crippen LogP contribution >= 0.6 is 0 Å². The first-order valence-electron chi connectivity index (χ1n) is 9.81. The molecule has 2 aromatic carbocycles. The van der Waals surface area contributed by atoms with E-state index in [0.29, 0.717) is 26.0 Å². The summed E-state index contributed by atoms with van der Waals surface area (Å²) in [5.74, 6) is -0.275. The molecule has 30 heavy (non-hydrogen) atoms. The maximum absolute atomic E-state index is 12.3. The molecule has 0 aliphatic carbocycles. The molecule has 0 heterocycles. The highest BCUT2D eigenvalue weighted by Crippen LogP contribution is 2.23. The summed E-state index contributed by atoms with van der Waals surface area (Å²) in [4.78, 5) is 10.4. The number of benzene rings is 2. The second kappa shape index (κ2) is 12.1. The Balaban J connectivity index is 1.64. The Kier molecular flexibility index (Phi) is 9.47. The van der Waals surface area contributed by atoms with Crippen molar-refractivity contribution in [2.45, 2.75) is 38.5 Å². The van der Waals surface area contributed by atoms with Gasteiger partial charge in [-0.2, -0.15) is 0 Å². The lowest BCUT2D eigenvalue weighted by Gasteiger charge is -2.10. The maximum Gasteiger partial charge on any atom is 0.573 e. The number of aryl methyl sites for hydroxylation is 2. The first-order chi connectivity index (χ1) is 14.3. The number of alkyl halides is 3. The predicted molar refractivity (Wildman–Crippen MR) is 107 cm³/mol. The van der Waals surface area contributed by atoms with Crippen LogP contribution in [0.15, 0.2) is 48.5 Å². The SMILES string of the molecule is O=C(O)CCNCCCc1ccc(OCCCc2cccc(OC(F)(F)F)c2)cc1. The number of carboxylic acids is 1. The molecule has 2 N–H and O–H groups in total. The summed E-state index contributed by atoms with van der Waals surface area (Å²) in [7, 11) is 0. The third kappa shape index (κ3) is 10.2. The fourth-order valence-electron chi connectivity index (χ4n) is 2.85. The predicted octanol–water partition coefficient (Wildman–Crippen LogP) is 4.59. The van der Waals surface area contributed by atoms with Crippen LogP contribution in [0.5, 0.6) is 11.5 Å². The Bertz CT molecular complexity index is 779. The summed E-state index contributed by atoms with van der Waals surface area (Å²) < 4.78 is 46.4. The number of carbonyl (C=O) groups is 1. The standard InChI is InChI=1S/C22H26F3NO4/c23-22(24,25)30-20-7-1-4-18(16-20)6-3-15-29-19-10-8-17(9-11-19)5-2-13-26-14-12-21(27)28/h1,4,7-11,16,26H,2-3,5-6,12-15H2,(H,27,28). The molecule has 164 valence electrons. The Morgan fingerprint density at radius 2 is 1.67 bits per heavy atom. The maximum atomic E-state index is 12.3. The highest BCUT2D eigenvalue weighted by molar-refractivity contribution is 5.66. The molecule has 0 atom stereocenters. The van der Waals surface area contributed by atoms with Gasteiger partial charge < -0.3 is 19.9 Å². The normalized spacial score (nSPS) is 11.3. The molecule has 0 aromatic heterocycles. The fraction of sp³-hybridized carbons (Fsp3) is 0.409. The number of rotatable bonds is 13. The molecule has 0 spiro atoms. The van der Waals surface area contributed by atoms with Crippen molar-refractivity contribution in [1.82, 2.24) is 5.32 Å². The van der Waals surface area contributed by atoms with Gasteiger partial charge in [0.15, 0.2) is 0 Å². The molecular weight excluding hydrogens is 399 g/mol. The van der Waals surface area contributed by atoms with Gasteiger partial charge >= 0.3 is 12.3 Å². The first-order valence-corrected chi connectivity index (χ1v) is 9.81. The van der Waals surface area contributed by atoms with Gasteiger partial charge in [-0.15, -0.1) is 13.2 Å². The molecular formula is C22H26F3NO4. The summed E-state index contributed by atoms with van der Waals surface area (Å²) in [6.07, 6.45) is -1.52. The zero-order valence-electron chi connectivity index (χ0n) is 16.6. The van der Waals surface area contributed by atoms with Crippen molar-refractivity contribution in [1.29, 1.82) is 0 Å². The van der Waals surface area contributed by atoms with Gasteiger partial charge in [0.1, 0.15) is 11.5 Å². The van der Waals surface area contributed by atoms with E-state index in [2.05, 4.69) is 10.1 Å². The minimum absolute atomic E-state index is 0.124. The second-order valence-corrected chi connectivity index (χ2v) is 6.79. The van der Waals surface area contributed by atoms with Crippen molar-refractivity contribution >= 4 is 5.97 Å². The summed E-state index contributed by atoms with van der Waals surface area (Å²) >= 11 is 0. The number of halogens is 3. The molecule has 0 aliphatic rings. The van der Waals surface area contributed by atoms with Gasteiger partial charge in [0.2, 0.25) is 0 Å². The van der Waals surface area contributed by atoms with Crippen LogP contribution in [0, 0.1) is 0 Å². The van der Waals surface area contributed by atoms with Crippen LogP contribution in [-0.2, 0) is 17.6 Å². The monoisotopic (exact) mass is 425 g/mol. The summed E-state index contributed by atoms with van der Waals surface area (Å²) in [6.45, 7) is 1.69. The highest BCUT2D eigenvalue weighted by atomic mass is 19.4. The zero-order chi connectivity index (χ0) is 21.8. The first kappa shape index (κ1) is 23.5. The van der Waals surface area contributed by atoms with Gasteiger partial charge in [0.25, 0.3) is 0 Å². The van der Waals surface area contributed by atoms with Crippen molar-refractivity contribution in [3.05, 3.63) is 59.7 Å². The number of hydrogen-bond acceptors (Lipinski definition) is 4. The minimum Gasteiger partial charge on any atom is -0.494 e. The van der Waals surface area contributed by atoms with Crippen LogP contribution in [0.2, 0.25) is 0 Å². The smallest absolute Gasteiger partial charge is 0.494 e. The van der Waals surface area contributed by atoms with E-state index >= 15 is 0 Å². The van der Waals surface area contributed by atoms with E-state index in [-0.39, 0.29) is 12.2 Å². The molecule has 0 amide bonds. The molecule has 0 bridgehead atoms. The molecule has 0 saturated carbocycles. The van der Waals surface area contributed by atoms with Crippen molar-refractivity contribution in [2.24, 2.45) is 0 Å². The van der Waals surface area contributed by atoms with Gasteiger partial charge in [0, 0.05) is 6.54 Å². The van der Waals surface area contributed by atoms with Crippen LogP contribution in [0.4, 0.5) is 13.2 Å². The van der Waals surface area contributed by atoms with E-state index in [9.17, 15) is 18.0 Å². The van der Waals surface area contributed by atoms with Gasteiger partial charge in [0.05, 0.1) is 13.0 Å². The third-order valence-corrected chi connectivity index (χ3v) is 4.27. The second-order valence-electron chi connectivity index (χ2n) is 6.79. The van der Waals surface area contributed by atoms with E-state index < -0.39 is 12.3 Å². The number of carboxylic acid groups (broad SMARTS) is 1. The van der Waals surface area contributed by atoms with Gasteiger partial charge in [-0.1, -0.05) is 24.3 Å². The average molecular weight is 425 g/mol. The molecule has 2 aromatic rings. The van der Waals surface area contributed by atoms with E-state index in [1.54, 1.807) is 6.07 Å². The fourth-order valence-corrected chi connectivity index (χ4v) is 2.85. The minimum atomic E-state index is -4.69. The van der Waals surface area contributed by atoms with Crippen LogP contribution in [0.25, 0.3) is 0 Å². The van der Waals surface area contributed by atoms with E-state index in [1.807, 2.05) is 24.3 Å². The van der Waals surface area contributed by atoms with Crippen molar-refractivity contribution in [3.63, 3.8) is 0 Å². The quantitative estimate of drug-likeness (QED) is 0.460. The number of hydrogen-bond donors (Lipinski definition) is 2. The molecule has 0 fully saturated rings. The lowest BCUT2D eigenvalue weighted by atomic mass is 10.1. The summed E-state index contributed by atoms with van der Waals surface area (Å²) in [5, 5.41) is 11.7. The Labute approximate surface area is 173 Å². The number of aliphatic carboxylic acids is 1. The highest BCUT2D eigenvalue weighted by Gasteiger charge is 2.31. The average Bonchev–Trinajstić information content (AvgIpc) is 2.68. The molecule has 0 aliphatic heterocycles. The topological polar surface area (TPSA) is 67.8 Å². The van der Waals surface area contributed by atoms with Crippen LogP contribution in [-0.4, -0.2) is 37.1 Å². The van der Waals surface area contributed by atoms with E-state index in [0.717, 1.165) is 30.7 Å². The Morgan fingerprint density at radius 1 is 0.933 bits per heavy atom. The van der Waals surface area contributed by atoms with E-state index in [4.69, 9.17) is 9.84 Å². The summed E-state index contributed by atoms with van der Waals surface area (Å²) in [6, 6.07) is 13.7. The van der Waals surface area contributed by atoms with E-state index in [1.165, 1.54) is 23.8 Å². The van der Waals surface area contributed by atoms with Gasteiger partial charge in [-0.25, -0.2) is 0 Å². The van der Waals surface area contributed by atoms with Gasteiger partial charge in [-0.05, 0) is 67.6 Å². The third-order valence-electron chi connectivity index (χ3n) is 4.27. The van der Waals surface area contributed by atoms with Crippen LogP contribution in [0.1, 0.15) is 30.4 Å².